The molecule has 8 heteroatoms. The molecule has 0 saturated heterocycles. The second kappa shape index (κ2) is 10.7. The van der Waals surface area contributed by atoms with E-state index in [9.17, 15) is 9.59 Å². The SMILES string of the molecule is CCCN(CC(=O)Nc1ccccc1N1C=CCC1)C(=O)CSc1nc2ccccc2s1. The van der Waals surface area contributed by atoms with E-state index in [-0.39, 0.29) is 24.1 Å². The molecule has 1 aliphatic heterocycles. The van der Waals surface area contributed by atoms with Crippen LogP contribution in [0.3, 0.4) is 0 Å². The number of anilines is 2. The van der Waals surface area contributed by atoms with Gasteiger partial charge in [0.05, 0.1) is 33.9 Å². The third-order valence-electron chi connectivity index (χ3n) is 5.08. The average molecular weight is 467 g/mol. The fourth-order valence-corrected chi connectivity index (χ4v) is 5.54. The molecule has 0 aliphatic carbocycles. The molecule has 1 N–H and O–H groups in total. The molecular formula is C24H26N4O2S2. The van der Waals surface area contributed by atoms with Crippen LogP contribution in [-0.4, -0.2) is 47.1 Å². The van der Waals surface area contributed by atoms with Gasteiger partial charge in [0.1, 0.15) is 0 Å². The number of hydrogen-bond acceptors (Lipinski definition) is 6. The predicted octanol–water partition coefficient (Wildman–Crippen LogP) is 4.99. The molecule has 1 aromatic heterocycles. The molecule has 0 bridgehead atoms. The quantitative estimate of drug-likeness (QED) is 0.450. The van der Waals surface area contributed by atoms with Gasteiger partial charge in [-0.2, -0.15) is 0 Å². The number of carbonyl (C=O) groups excluding carboxylic acids is 2. The van der Waals surface area contributed by atoms with E-state index in [1.807, 2.05) is 61.7 Å². The lowest BCUT2D eigenvalue weighted by Crippen LogP contribution is -2.39. The van der Waals surface area contributed by atoms with Crippen molar-refractivity contribution in [2.45, 2.75) is 24.1 Å². The Hall–Kier alpha value is -2.84. The van der Waals surface area contributed by atoms with Crippen LogP contribution in [0.2, 0.25) is 0 Å². The Kier molecular flexibility index (Phi) is 7.44. The van der Waals surface area contributed by atoms with E-state index in [2.05, 4.69) is 21.3 Å². The van der Waals surface area contributed by atoms with Gasteiger partial charge in [-0.3, -0.25) is 9.59 Å². The first-order valence-electron chi connectivity index (χ1n) is 10.7. The first-order chi connectivity index (χ1) is 15.6. The summed E-state index contributed by atoms with van der Waals surface area (Å²) in [4.78, 5) is 34.0. The predicted molar refractivity (Wildman–Crippen MR) is 133 cm³/mol. The zero-order valence-electron chi connectivity index (χ0n) is 18.0. The van der Waals surface area contributed by atoms with E-state index >= 15 is 0 Å². The Morgan fingerprint density at radius 2 is 2.00 bits per heavy atom. The second-order valence-corrected chi connectivity index (χ2v) is 9.74. The maximum absolute atomic E-state index is 12.9. The van der Waals surface area contributed by atoms with Crippen LogP contribution in [0.25, 0.3) is 10.2 Å². The van der Waals surface area contributed by atoms with Crippen molar-refractivity contribution in [2.24, 2.45) is 0 Å². The Bertz CT molecular complexity index is 1090. The maximum atomic E-state index is 12.9. The molecular weight excluding hydrogens is 440 g/mol. The molecule has 0 fully saturated rings. The van der Waals surface area contributed by atoms with Gasteiger partial charge in [0.2, 0.25) is 11.8 Å². The lowest BCUT2D eigenvalue weighted by Gasteiger charge is -2.23. The molecule has 32 heavy (non-hydrogen) atoms. The van der Waals surface area contributed by atoms with Gasteiger partial charge in [-0.15, -0.1) is 11.3 Å². The van der Waals surface area contributed by atoms with Crippen LogP contribution < -0.4 is 10.2 Å². The molecule has 166 valence electrons. The molecule has 0 atom stereocenters. The van der Waals surface area contributed by atoms with Crippen LogP contribution in [0, 0.1) is 0 Å². The fraction of sp³-hybridized carbons (Fsp3) is 0.292. The number of hydrogen-bond donors (Lipinski definition) is 1. The van der Waals surface area contributed by atoms with E-state index in [0.29, 0.717) is 6.54 Å². The van der Waals surface area contributed by atoms with Crippen molar-refractivity contribution in [3.63, 3.8) is 0 Å². The van der Waals surface area contributed by atoms with Gasteiger partial charge in [-0.25, -0.2) is 4.98 Å². The number of carbonyl (C=O) groups is 2. The minimum Gasteiger partial charge on any atom is -0.346 e. The highest BCUT2D eigenvalue weighted by Gasteiger charge is 2.19. The first kappa shape index (κ1) is 22.4. The van der Waals surface area contributed by atoms with Crippen molar-refractivity contribution in [1.29, 1.82) is 0 Å². The van der Waals surface area contributed by atoms with Gasteiger partial charge >= 0.3 is 0 Å². The normalized spacial score (nSPS) is 13.0. The van der Waals surface area contributed by atoms with Gasteiger partial charge in [0, 0.05) is 19.3 Å². The largest absolute Gasteiger partial charge is 0.346 e. The van der Waals surface area contributed by atoms with Crippen molar-refractivity contribution in [2.75, 3.05) is 35.6 Å². The van der Waals surface area contributed by atoms with Crippen LogP contribution in [0.5, 0.6) is 0 Å². The van der Waals surface area contributed by atoms with Crippen LogP contribution in [0.4, 0.5) is 11.4 Å². The summed E-state index contributed by atoms with van der Waals surface area (Å²) in [5, 5.41) is 3.00. The van der Waals surface area contributed by atoms with E-state index < -0.39 is 0 Å². The Morgan fingerprint density at radius 1 is 1.19 bits per heavy atom. The maximum Gasteiger partial charge on any atom is 0.244 e. The zero-order chi connectivity index (χ0) is 22.3. The van der Waals surface area contributed by atoms with Crippen molar-refractivity contribution in [1.82, 2.24) is 9.88 Å². The molecule has 0 spiro atoms. The topological polar surface area (TPSA) is 65.5 Å². The number of nitrogens with one attached hydrogen (secondary N) is 1. The summed E-state index contributed by atoms with van der Waals surface area (Å²) in [6.07, 6.45) is 5.94. The number of thioether (sulfide) groups is 1. The van der Waals surface area contributed by atoms with E-state index in [4.69, 9.17) is 0 Å². The third-order valence-corrected chi connectivity index (χ3v) is 7.25. The summed E-state index contributed by atoms with van der Waals surface area (Å²) in [5.41, 5.74) is 2.68. The molecule has 0 saturated carbocycles. The van der Waals surface area contributed by atoms with Crippen LogP contribution in [-0.2, 0) is 9.59 Å². The Balaban J connectivity index is 1.36. The number of nitrogens with zero attached hydrogens (tertiary/aromatic N) is 3. The van der Waals surface area contributed by atoms with Crippen molar-refractivity contribution in [3.8, 4) is 0 Å². The van der Waals surface area contributed by atoms with Crippen LogP contribution >= 0.6 is 23.1 Å². The number of rotatable bonds is 9. The summed E-state index contributed by atoms with van der Waals surface area (Å²) in [6.45, 7) is 3.49. The lowest BCUT2D eigenvalue weighted by molar-refractivity contribution is -0.132. The molecule has 3 aromatic rings. The zero-order valence-corrected chi connectivity index (χ0v) is 19.6. The summed E-state index contributed by atoms with van der Waals surface area (Å²) in [5.74, 6) is 0.0249. The fourth-order valence-electron chi connectivity index (χ4n) is 3.57. The van der Waals surface area contributed by atoms with Gasteiger partial charge in [0.25, 0.3) is 0 Å². The smallest absolute Gasteiger partial charge is 0.244 e. The summed E-state index contributed by atoms with van der Waals surface area (Å²) < 4.78 is 1.98. The molecule has 6 nitrogen and oxygen atoms in total. The Morgan fingerprint density at radius 3 is 2.78 bits per heavy atom. The van der Waals surface area contributed by atoms with Crippen molar-refractivity contribution >= 4 is 56.5 Å². The van der Waals surface area contributed by atoms with Gasteiger partial charge < -0.3 is 15.1 Å². The number of aromatic nitrogens is 1. The average Bonchev–Trinajstić information content (AvgIpc) is 3.47. The second-order valence-electron chi connectivity index (χ2n) is 7.48. The monoisotopic (exact) mass is 466 g/mol. The number of para-hydroxylation sites is 3. The van der Waals surface area contributed by atoms with Gasteiger partial charge in [-0.1, -0.05) is 49.0 Å². The molecule has 1 aliphatic rings. The molecule has 2 amide bonds. The highest BCUT2D eigenvalue weighted by atomic mass is 32.2. The first-order valence-corrected chi connectivity index (χ1v) is 12.5. The number of amides is 2. The number of thiazole rings is 1. The summed E-state index contributed by atoms with van der Waals surface area (Å²) >= 11 is 3.01. The number of benzene rings is 2. The molecule has 4 rings (SSSR count). The summed E-state index contributed by atoms with van der Waals surface area (Å²) in [7, 11) is 0. The van der Waals surface area contributed by atoms with Crippen LogP contribution in [0.1, 0.15) is 19.8 Å². The van der Waals surface area contributed by atoms with Crippen LogP contribution in [0.15, 0.2) is 65.1 Å². The van der Waals surface area contributed by atoms with E-state index in [1.165, 1.54) is 11.8 Å². The number of fused-ring (bicyclic) bond motifs is 1. The molecule has 0 radical (unpaired) electrons. The van der Waals surface area contributed by atoms with Gasteiger partial charge in [0.15, 0.2) is 4.34 Å². The van der Waals surface area contributed by atoms with Crippen molar-refractivity contribution in [3.05, 3.63) is 60.8 Å². The van der Waals surface area contributed by atoms with Gasteiger partial charge in [-0.05, 0) is 37.1 Å². The van der Waals surface area contributed by atoms with Crippen molar-refractivity contribution < 1.29 is 9.59 Å². The highest BCUT2D eigenvalue weighted by Crippen LogP contribution is 2.30. The van der Waals surface area contributed by atoms with E-state index in [1.54, 1.807) is 16.2 Å². The minimum absolute atomic E-state index is 0.0389. The third kappa shape index (κ3) is 5.49. The molecule has 2 heterocycles. The molecule has 0 unspecified atom stereocenters. The molecule has 2 aromatic carbocycles. The standard InChI is InChI=1S/C24H26N4O2S2/c1-2-13-28(23(30)17-31-24-26-19-10-4-6-12-21(19)32-24)16-22(29)25-18-9-3-5-11-20(18)27-14-7-8-15-27/h3-7,9-12,14H,2,8,13,15-17H2,1H3,(H,25,29). The summed E-state index contributed by atoms with van der Waals surface area (Å²) in [6, 6.07) is 15.7. The lowest BCUT2D eigenvalue weighted by atomic mass is 10.2. The Labute approximate surface area is 196 Å². The minimum atomic E-state index is -0.188. The van der Waals surface area contributed by atoms with E-state index in [0.717, 1.165) is 45.3 Å². The highest BCUT2D eigenvalue weighted by molar-refractivity contribution is 8.01.